The fourth-order valence-electron chi connectivity index (χ4n) is 1.06. The molecule has 1 unspecified atom stereocenters. The Hall–Kier alpha value is -0.0800. The van der Waals surface area contributed by atoms with E-state index in [9.17, 15) is 0 Å². The van der Waals surface area contributed by atoms with Gasteiger partial charge in [-0.3, -0.25) is 0 Å². The van der Waals surface area contributed by atoms with Gasteiger partial charge in [0.2, 0.25) is 0 Å². The van der Waals surface area contributed by atoms with Gasteiger partial charge in [0.05, 0.1) is 6.10 Å². The predicted octanol–water partition coefficient (Wildman–Crippen LogP) is 2.39. The molecule has 2 heteroatoms. The molecule has 0 bridgehead atoms. The maximum atomic E-state index is 5.41. The van der Waals surface area contributed by atoms with Crippen molar-refractivity contribution in [3.05, 3.63) is 0 Å². The van der Waals surface area contributed by atoms with E-state index in [1.807, 2.05) is 6.92 Å². The van der Waals surface area contributed by atoms with Crippen molar-refractivity contribution in [1.29, 1.82) is 0 Å². The predicted molar refractivity (Wildman–Crippen MR) is 55.6 cm³/mol. The summed E-state index contributed by atoms with van der Waals surface area (Å²) in [5.74, 6) is 0. The van der Waals surface area contributed by atoms with Gasteiger partial charge in [0.15, 0.2) is 0 Å². The maximum absolute atomic E-state index is 5.41. The second-order valence-corrected chi connectivity index (χ2v) is 3.21. The zero-order valence-electron chi connectivity index (χ0n) is 8.26. The first-order valence-corrected chi connectivity index (χ1v) is 4.43. The molecule has 1 atom stereocenters. The normalized spacial score (nSPS) is 12.8. The van der Waals surface area contributed by atoms with Crippen molar-refractivity contribution >= 4 is 0 Å². The zero-order chi connectivity index (χ0) is 8.69. The van der Waals surface area contributed by atoms with Crippen LogP contribution in [0.15, 0.2) is 0 Å². The largest absolute Gasteiger partial charge is 0.379 e. The molecule has 0 N–H and O–H groups in total. The fraction of sp³-hybridized carbons (Fsp3) is 1.00. The summed E-state index contributed by atoms with van der Waals surface area (Å²) in [4.78, 5) is 2.21. The average Bonchev–Trinajstić information content (AvgIpc) is 1.87. The Labute approximate surface area is 77.9 Å². The van der Waals surface area contributed by atoms with Crippen LogP contribution in [0, 0.1) is 0 Å². The topological polar surface area (TPSA) is 12.5 Å². The van der Waals surface area contributed by atoms with Crippen molar-refractivity contribution < 1.29 is 4.74 Å². The Balaban J connectivity index is 0. The molecule has 0 saturated carbocycles. The summed E-state index contributed by atoms with van der Waals surface area (Å²) in [7, 11) is 4.21. The molecule has 0 aliphatic heterocycles. The Morgan fingerprint density at radius 1 is 1.33 bits per heavy atom. The molecule has 0 aromatic carbocycles. The third-order valence-corrected chi connectivity index (χ3v) is 1.67. The van der Waals surface area contributed by atoms with E-state index in [1.54, 1.807) is 0 Å². The molecule has 0 saturated heterocycles. The van der Waals surface area contributed by atoms with Gasteiger partial charge in [-0.05, 0) is 47.3 Å². The van der Waals surface area contributed by atoms with Crippen LogP contribution >= 0.6 is 0 Å². The van der Waals surface area contributed by atoms with Gasteiger partial charge in [0.25, 0.3) is 0 Å². The number of hydrogen-bond acceptors (Lipinski definition) is 2. The van der Waals surface area contributed by atoms with E-state index in [1.165, 1.54) is 12.8 Å². The molecule has 0 amide bonds. The Bertz CT molecular complexity index is 83.9. The van der Waals surface area contributed by atoms with Crippen molar-refractivity contribution in [3.63, 3.8) is 0 Å². The first-order chi connectivity index (χ1) is 5.16. The highest BCUT2D eigenvalue weighted by molar-refractivity contribution is 4.52. The van der Waals surface area contributed by atoms with Crippen LogP contribution in [0.25, 0.3) is 0 Å². The van der Waals surface area contributed by atoms with Crippen LogP contribution in [0.5, 0.6) is 0 Å². The summed E-state index contributed by atoms with van der Waals surface area (Å²) in [6.07, 6.45) is 2.83. The van der Waals surface area contributed by atoms with Crippen molar-refractivity contribution in [2.45, 2.75) is 40.2 Å². The lowest BCUT2D eigenvalue weighted by molar-refractivity contribution is 0.0675. The van der Waals surface area contributed by atoms with Gasteiger partial charge in [-0.1, -0.05) is 7.43 Å². The molecular formula is C10H25NO. The van der Waals surface area contributed by atoms with E-state index in [2.05, 4.69) is 25.9 Å². The standard InChI is InChI=1S/C9H21NO.CH4/c1-5-11-9(2)7-6-8-10(3)4;/h9H,5-8H2,1-4H3;1H4. The molecule has 0 aromatic rings. The second-order valence-electron chi connectivity index (χ2n) is 3.21. The molecule has 0 heterocycles. The van der Waals surface area contributed by atoms with Crippen LogP contribution in [0.1, 0.15) is 34.1 Å². The first kappa shape index (κ1) is 14.4. The maximum Gasteiger partial charge on any atom is 0.0547 e. The Kier molecular flexibility index (Phi) is 10.8. The zero-order valence-corrected chi connectivity index (χ0v) is 8.26. The molecule has 2 nitrogen and oxygen atoms in total. The minimum absolute atomic E-state index is 0. The van der Waals surface area contributed by atoms with Crippen LogP contribution < -0.4 is 0 Å². The average molecular weight is 175 g/mol. The molecule has 76 valence electrons. The van der Waals surface area contributed by atoms with E-state index < -0.39 is 0 Å². The van der Waals surface area contributed by atoms with Crippen LogP contribution in [0.2, 0.25) is 0 Å². The smallest absolute Gasteiger partial charge is 0.0547 e. The number of rotatable bonds is 6. The van der Waals surface area contributed by atoms with Crippen LogP contribution in [-0.4, -0.2) is 38.3 Å². The Morgan fingerprint density at radius 3 is 2.33 bits per heavy atom. The van der Waals surface area contributed by atoms with Crippen molar-refractivity contribution in [2.24, 2.45) is 0 Å². The quantitative estimate of drug-likeness (QED) is 0.614. The van der Waals surface area contributed by atoms with E-state index in [0.29, 0.717) is 6.10 Å². The fourth-order valence-corrected chi connectivity index (χ4v) is 1.06. The van der Waals surface area contributed by atoms with Gasteiger partial charge >= 0.3 is 0 Å². The summed E-state index contributed by atoms with van der Waals surface area (Å²) in [5, 5.41) is 0. The summed E-state index contributed by atoms with van der Waals surface area (Å²) in [5.41, 5.74) is 0. The van der Waals surface area contributed by atoms with Gasteiger partial charge in [-0.15, -0.1) is 0 Å². The molecule has 0 radical (unpaired) electrons. The van der Waals surface area contributed by atoms with Gasteiger partial charge in [0, 0.05) is 6.61 Å². The molecule has 0 rings (SSSR count). The van der Waals surface area contributed by atoms with Crippen LogP contribution in [-0.2, 0) is 4.74 Å². The highest BCUT2D eigenvalue weighted by Crippen LogP contribution is 2.01. The van der Waals surface area contributed by atoms with Gasteiger partial charge in [0.1, 0.15) is 0 Å². The SMILES string of the molecule is C.CCOC(C)CCCN(C)C. The summed E-state index contributed by atoms with van der Waals surface area (Å²) >= 11 is 0. The van der Waals surface area contributed by atoms with Crippen molar-refractivity contribution in [3.8, 4) is 0 Å². The van der Waals surface area contributed by atoms with Crippen molar-refractivity contribution in [1.82, 2.24) is 4.90 Å². The van der Waals surface area contributed by atoms with Gasteiger partial charge in [-0.2, -0.15) is 0 Å². The Morgan fingerprint density at radius 2 is 1.92 bits per heavy atom. The summed E-state index contributed by atoms with van der Waals surface area (Å²) in [6.45, 7) is 6.18. The lowest BCUT2D eigenvalue weighted by atomic mass is 10.2. The van der Waals surface area contributed by atoms with Crippen LogP contribution in [0.3, 0.4) is 0 Å². The van der Waals surface area contributed by atoms with E-state index in [4.69, 9.17) is 4.74 Å². The second kappa shape index (κ2) is 9.01. The monoisotopic (exact) mass is 175 g/mol. The molecule has 12 heavy (non-hydrogen) atoms. The minimum atomic E-state index is 0. The summed E-state index contributed by atoms with van der Waals surface area (Å²) in [6, 6.07) is 0. The van der Waals surface area contributed by atoms with E-state index >= 15 is 0 Å². The highest BCUT2D eigenvalue weighted by atomic mass is 16.5. The van der Waals surface area contributed by atoms with Gasteiger partial charge in [-0.25, -0.2) is 0 Å². The molecular weight excluding hydrogens is 150 g/mol. The third kappa shape index (κ3) is 9.92. The highest BCUT2D eigenvalue weighted by Gasteiger charge is 1.99. The lowest BCUT2D eigenvalue weighted by Gasteiger charge is -2.13. The summed E-state index contributed by atoms with van der Waals surface area (Å²) < 4.78 is 5.41. The number of ether oxygens (including phenoxy) is 1. The third-order valence-electron chi connectivity index (χ3n) is 1.67. The van der Waals surface area contributed by atoms with E-state index in [-0.39, 0.29) is 7.43 Å². The van der Waals surface area contributed by atoms with E-state index in [0.717, 1.165) is 13.2 Å². The molecule has 0 aliphatic carbocycles. The molecule has 0 fully saturated rings. The molecule has 0 spiro atoms. The molecule has 0 aromatic heterocycles. The number of hydrogen-bond donors (Lipinski definition) is 0. The van der Waals surface area contributed by atoms with Crippen molar-refractivity contribution in [2.75, 3.05) is 27.2 Å². The lowest BCUT2D eigenvalue weighted by Crippen LogP contribution is -2.16. The van der Waals surface area contributed by atoms with Crippen LogP contribution in [0.4, 0.5) is 0 Å². The molecule has 0 aliphatic rings. The number of nitrogens with zero attached hydrogens (tertiary/aromatic N) is 1. The first-order valence-electron chi connectivity index (χ1n) is 4.43. The minimum Gasteiger partial charge on any atom is -0.379 e. The van der Waals surface area contributed by atoms with Gasteiger partial charge < -0.3 is 9.64 Å².